The standard InChI is InChI=1S/C27H26N6O4S2/c1-19-10-12-22(13-11-19)37-18-25(34)28-26-29-30-27(38-26)39(35,36)33(31-16-14-20-6-2-4-8-23(20)31)32-17-15-21-7-3-5-9-24(21)32/h2-13H,14-18H2,1H3,(H,28,29,34). The molecule has 1 amide bonds. The smallest absolute Gasteiger partial charge is 0.307 e. The van der Waals surface area contributed by atoms with Gasteiger partial charge in [0.15, 0.2) is 6.61 Å². The highest BCUT2D eigenvalue weighted by atomic mass is 32.2. The average molecular weight is 563 g/mol. The summed E-state index contributed by atoms with van der Waals surface area (Å²) in [6.45, 7) is 2.71. The maximum atomic E-state index is 14.2. The molecule has 1 aromatic heterocycles. The van der Waals surface area contributed by atoms with Crippen molar-refractivity contribution in [2.75, 3.05) is 35.0 Å². The van der Waals surface area contributed by atoms with Gasteiger partial charge in [-0.3, -0.25) is 20.1 Å². The maximum absolute atomic E-state index is 14.2. The van der Waals surface area contributed by atoms with Crippen molar-refractivity contribution in [3.05, 3.63) is 89.5 Å². The maximum Gasteiger partial charge on any atom is 0.307 e. The Balaban J connectivity index is 1.26. The normalized spacial score (nSPS) is 14.4. The van der Waals surface area contributed by atoms with Gasteiger partial charge in [-0.15, -0.1) is 10.2 Å². The van der Waals surface area contributed by atoms with Gasteiger partial charge in [-0.25, -0.2) is 8.42 Å². The van der Waals surface area contributed by atoms with Gasteiger partial charge in [-0.2, -0.15) is 0 Å². The molecular weight excluding hydrogens is 536 g/mol. The number of rotatable bonds is 8. The quantitative estimate of drug-likeness (QED) is 0.323. The van der Waals surface area contributed by atoms with Gasteiger partial charge in [0, 0.05) is 13.1 Å². The molecule has 2 aliphatic heterocycles. The van der Waals surface area contributed by atoms with Gasteiger partial charge in [0.1, 0.15) is 5.75 Å². The number of aryl methyl sites for hydroxylation is 1. The van der Waals surface area contributed by atoms with Crippen LogP contribution in [0, 0.1) is 6.92 Å². The van der Waals surface area contributed by atoms with E-state index in [2.05, 4.69) is 15.5 Å². The van der Waals surface area contributed by atoms with Crippen LogP contribution < -0.4 is 20.1 Å². The van der Waals surface area contributed by atoms with Crippen molar-refractivity contribution in [2.45, 2.75) is 24.1 Å². The van der Waals surface area contributed by atoms with Crippen molar-refractivity contribution in [3.63, 3.8) is 0 Å². The second kappa shape index (κ2) is 10.3. The van der Waals surface area contributed by atoms with Crippen LogP contribution in [-0.4, -0.2) is 48.7 Å². The number of nitrogens with zero attached hydrogens (tertiary/aromatic N) is 5. The zero-order valence-electron chi connectivity index (χ0n) is 21.1. The summed E-state index contributed by atoms with van der Waals surface area (Å²) < 4.78 is 35.0. The van der Waals surface area contributed by atoms with E-state index < -0.39 is 15.9 Å². The monoisotopic (exact) mass is 562 g/mol. The lowest BCUT2D eigenvalue weighted by molar-refractivity contribution is -0.118. The van der Waals surface area contributed by atoms with Gasteiger partial charge in [-0.1, -0.05) is 65.4 Å². The van der Waals surface area contributed by atoms with Crippen LogP contribution in [0.2, 0.25) is 0 Å². The summed E-state index contributed by atoms with van der Waals surface area (Å²) in [6.07, 6.45) is 1.44. The molecule has 0 saturated carbocycles. The van der Waals surface area contributed by atoms with E-state index >= 15 is 0 Å². The molecule has 0 bridgehead atoms. The number of carbonyl (C=O) groups is 1. The number of sulfonamides is 1. The van der Waals surface area contributed by atoms with E-state index in [1.165, 1.54) is 4.52 Å². The van der Waals surface area contributed by atoms with Crippen molar-refractivity contribution in [2.24, 2.45) is 0 Å². The summed E-state index contributed by atoms with van der Waals surface area (Å²) in [5.74, 6) is 0.0955. The third-order valence-corrected chi connectivity index (χ3v) is 9.48. The second-order valence-electron chi connectivity index (χ2n) is 9.25. The Kier molecular flexibility index (Phi) is 6.67. The second-order valence-corrected chi connectivity index (χ2v) is 12.2. The van der Waals surface area contributed by atoms with Crippen LogP contribution in [0.5, 0.6) is 5.75 Å². The summed E-state index contributed by atoms with van der Waals surface area (Å²) in [5.41, 5.74) is 4.89. The van der Waals surface area contributed by atoms with Crippen LogP contribution in [0.1, 0.15) is 16.7 Å². The fourth-order valence-corrected chi connectivity index (χ4v) is 7.25. The van der Waals surface area contributed by atoms with Gasteiger partial charge >= 0.3 is 10.0 Å². The zero-order chi connectivity index (χ0) is 27.0. The number of hydrogen-bond donors (Lipinski definition) is 1. The molecule has 0 spiro atoms. The van der Waals surface area contributed by atoms with E-state index in [1.807, 2.05) is 67.6 Å². The Morgan fingerprint density at radius 3 is 2.13 bits per heavy atom. The highest BCUT2D eigenvalue weighted by Crippen LogP contribution is 2.38. The summed E-state index contributed by atoms with van der Waals surface area (Å²) in [5, 5.41) is 14.2. The summed E-state index contributed by atoms with van der Waals surface area (Å²) >= 11 is 0.808. The minimum atomic E-state index is -4.18. The molecule has 0 unspecified atom stereocenters. The summed E-state index contributed by atoms with van der Waals surface area (Å²) in [4.78, 5) is 12.5. The van der Waals surface area contributed by atoms with Crippen LogP contribution in [0.3, 0.4) is 0 Å². The molecule has 200 valence electrons. The van der Waals surface area contributed by atoms with Gasteiger partial charge in [0.05, 0.1) is 11.4 Å². The Morgan fingerprint density at radius 1 is 0.923 bits per heavy atom. The zero-order valence-corrected chi connectivity index (χ0v) is 22.8. The first-order chi connectivity index (χ1) is 18.9. The molecule has 3 heterocycles. The van der Waals surface area contributed by atoms with E-state index in [9.17, 15) is 13.2 Å². The number of ether oxygens (including phenoxy) is 1. The van der Waals surface area contributed by atoms with Crippen LogP contribution in [0.4, 0.5) is 16.5 Å². The highest BCUT2D eigenvalue weighted by molar-refractivity contribution is 7.91. The number of hydrazine groups is 2. The predicted octanol–water partition coefficient (Wildman–Crippen LogP) is 3.81. The van der Waals surface area contributed by atoms with Crippen LogP contribution >= 0.6 is 11.3 Å². The number of para-hydroxylation sites is 2. The minimum Gasteiger partial charge on any atom is -0.484 e. The number of carbonyl (C=O) groups excluding carboxylic acids is 1. The lowest BCUT2D eigenvalue weighted by atomic mass is 10.2. The fraction of sp³-hybridized carbons (Fsp3) is 0.222. The summed E-state index contributed by atoms with van der Waals surface area (Å²) in [6, 6.07) is 22.9. The lowest BCUT2D eigenvalue weighted by Crippen LogP contribution is -2.55. The van der Waals surface area contributed by atoms with E-state index in [4.69, 9.17) is 4.74 Å². The van der Waals surface area contributed by atoms with E-state index in [0.29, 0.717) is 18.8 Å². The average Bonchev–Trinajstić information content (AvgIpc) is 3.68. The molecule has 1 N–H and O–H groups in total. The Morgan fingerprint density at radius 2 is 1.51 bits per heavy atom. The first kappa shape index (κ1) is 25.3. The fourth-order valence-electron chi connectivity index (χ4n) is 4.76. The number of nitrogens with one attached hydrogen (secondary N) is 1. The number of aromatic nitrogens is 2. The SMILES string of the molecule is Cc1ccc(OCC(=O)Nc2nnc(S(=O)(=O)N(N3CCc4ccccc43)N3CCc4ccccc43)s2)cc1. The van der Waals surface area contributed by atoms with E-state index in [-0.39, 0.29) is 16.1 Å². The molecule has 3 aromatic carbocycles. The number of hydrogen-bond acceptors (Lipinski definition) is 9. The first-order valence-corrected chi connectivity index (χ1v) is 14.7. The molecule has 0 aliphatic carbocycles. The van der Waals surface area contributed by atoms with Crippen molar-refractivity contribution in [1.29, 1.82) is 0 Å². The third kappa shape index (κ3) is 4.93. The molecule has 0 saturated heterocycles. The Bertz CT molecular complexity index is 1570. The molecule has 4 aromatic rings. The van der Waals surface area contributed by atoms with Crippen molar-refractivity contribution < 1.29 is 17.9 Å². The molecular formula is C27H26N6O4S2. The van der Waals surface area contributed by atoms with Crippen LogP contribution in [0.15, 0.2) is 77.1 Å². The van der Waals surface area contributed by atoms with Gasteiger partial charge in [0.25, 0.3) is 10.2 Å². The predicted molar refractivity (Wildman–Crippen MR) is 149 cm³/mol. The minimum absolute atomic E-state index is 0.0784. The van der Waals surface area contributed by atoms with Gasteiger partial charge in [0.2, 0.25) is 5.13 Å². The topological polar surface area (TPSA) is 108 Å². The molecule has 0 radical (unpaired) electrons. The number of fused-ring (bicyclic) bond motifs is 2. The van der Waals surface area contributed by atoms with E-state index in [1.54, 1.807) is 22.2 Å². The molecule has 6 rings (SSSR count). The largest absolute Gasteiger partial charge is 0.484 e. The van der Waals surface area contributed by atoms with Crippen molar-refractivity contribution in [1.82, 2.24) is 14.7 Å². The summed E-state index contributed by atoms with van der Waals surface area (Å²) in [7, 11) is -4.18. The number of benzene rings is 3. The molecule has 0 atom stereocenters. The first-order valence-electron chi connectivity index (χ1n) is 12.5. The Labute approximate surface area is 230 Å². The van der Waals surface area contributed by atoms with Gasteiger partial charge < -0.3 is 4.74 Å². The van der Waals surface area contributed by atoms with Gasteiger partial charge in [-0.05, 0) is 59.7 Å². The highest BCUT2D eigenvalue weighted by Gasteiger charge is 2.42. The molecule has 10 nitrogen and oxygen atoms in total. The van der Waals surface area contributed by atoms with Crippen LogP contribution in [-0.2, 0) is 27.7 Å². The third-order valence-electron chi connectivity index (χ3n) is 6.62. The molecule has 39 heavy (non-hydrogen) atoms. The van der Waals surface area contributed by atoms with Crippen LogP contribution in [0.25, 0.3) is 0 Å². The number of amides is 1. The lowest BCUT2D eigenvalue weighted by Gasteiger charge is -2.38. The van der Waals surface area contributed by atoms with Crippen molar-refractivity contribution >= 4 is 43.8 Å². The molecule has 0 fully saturated rings. The number of anilines is 3. The van der Waals surface area contributed by atoms with Crippen molar-refractivity contribution in [3.8, 4) is 5.75 Å². The molecule has 2 aliphatic rings. The Hall–Kier alpha value is -4.00. The molecule has 12 heteroatoms. The van der Waals surface area contributed by atoms with E-state index in [0.717, 1.165) is 52.2 Å².